The van der Waals surface area contributed by atoms with Crippen molar-refractivity contribution >= 4 is 23.5 Å². The summed E-state index contributed by atoms with van der Waals surface area (Å²) in [4.78, 5) is 32.6. The van der Waals surface area contributed by atoms with Crippen molar-refractivity contribution in [1.29, 1.82) is 0 Å². The number of halogens is 1. The fraction of sp³-hybridized carbons (Fsp3) is 0.250. The number of carbonyl (C=O) groups is 3. The number of carboxylic acid groups (broad SMARTS) is 2. The highest BCUT2D eigenvalue weighted by Gasteiger charge is 2.16. The number of benzene rings is 1. The Kier molecular flexibility index (Phi) is 4.99. The maximum Gasteiger partial charge on any atom is 0.337 e. The van der Waals surface area contributed by atoms with Crippen LogP contribution < -0.4 is 5.32 Å². The first kappa shape index (κ1) is 14.6. The van der Waals surface area contributed by atoms with Crippen LogP contribution in [-0.4, -0.2) is 28.1 Å². The number of rotatable bonds is 6. The molecule has 0 aliphatic heterocycles. The van der Waals surface area contributed by atoms with Gasteiger partial charge in [0.2, 0.25) is 5.91 Å². The van der Waals surface area contributed by atoms with Crippen molar-refractivity contribution in [3.63, 3.8) is 0 Å². The number of hydrogen-bond acceptors (Lipinski definition) is 3. The third-order valence-corrected chi connectivity index (χ3v) is 2.30. The number of aliphatic carboxylic acids is 1. The second-order valence-corrected chi connectivity index (χ2v) is 3.76. The molecule has 0 saturated carbocycles. The quantitative estimate of drug-likeness (QED) is 0.729. The molecule has 7 heteroatoms. The summed E-state index contributed by atoms with van der Waals surface area (Å²) in [7, 11) is 0. The van der Waals surface area contributed by atoms with Gasteiger partial charge >= 0.3 is 11.9 Å². The first-order chi connectivity index (χ1) is 8.91. The van der Waals surface area contributed by atoms with Crippen LogP contribution in [-0.2, 0) is 9.59 Å². The van der Waals surface area contributed by atoms with Crippen LogP contribution in [0.25, 0.3) is 0 Å². The van der Waals surface area contributed by atoms with Crippen LogP contribution in [0.4, 0.5) is 10.1 Å². The minimum absolute atomic E-state index is 0.0953. The van der Waals surface area contributed by atoms with E-state index in [4.69, 9.17) is 10.2 Å². The molecule has 0 aliphatic carbocycles. The highest BCUT2D eigenvalue weighted by Crippen LogP contribution is 2.20. The van der Waals surface area contributed by atoms with E-state index in [0.29, 0.717) is 0 Å². The molecule has 0 unspecified atom stereocenters. The fourth-order valence-electron chi connectivity index (χ4n) is 1.43. The maximum atomic E-state index is 13.4. The van der Waals surface area contributed by atoms with E-state index in [9.17, 15) is 18.8 Å². The molecule has 1 aromatic carbocycles. The van der Waals surface area contributed by atoms with E-state index in [1.54, 1.807) is 0 Å². The second-order valence-electron chi connectivity index (χ2n) is 3.76. The van der Waals surface area contributed by atoms with Crippen LogP contribution in [0.5, 0.6) is 0 Å². The molecule has 0 saturated heterocycles. The van der Waals surface area contributed by atoms with Gasteiger partial charge in [0.25, 0.3) is 0 Å². The van der Waals surface area contributed by atoms with Crippen LogP contribution in [0.3, 0.4) is 0 Å². The molecule has 0 heterocycles. The molecule has 0 bridgehead atoms. The minimum atomic E-state index is -1.36. The highest BCUT2D eigenvalue weighted by atomic mass is 19.1. The third kappa shape index (κ3) is 4.38. The summed E-state index contributed by atoms with van der Waals surface area (Å²) in [5, 5.41) is 19.4. The van der Waals surface area contributed by atoms with Crippen LogP contribution in [0.2, 0.25) is 0 Å². The molecule has 0 fully saturated rings. The molecule has 0 atom stereocenters. The second kappa shape index (κ2) is 6.48. The van der Waals surface area contributed by atoms with Gasteiger partial charge in [0, 0.05) is 12.8 Å². The molecule has 1 rings (SSSR count). The van der Waals surface area contributed by atoms with Gasteiger partial charge in [-0.1, -0.05) is 6.07 Å². The van der Waals surface area contributed by atoms with Gasteiger partial charge in [-0.15, -0.1) is 0 Å². The van der Waals surface area contributed by atoms with Crippen molar-refractivity contribution in [2.24, 2.45) is 0 Å². The third-order valence-electron chi connectivity index (χ3n) is 2.30. The lowest BCUT2D eigenvalue weighted by Crippen LogP contribution is -2.16. The summed E-state index contributed by atoms with van der Waals surface area (Å²) in [6, 6.07) is 3.41. The lowest BCUT2D eigenvalue weighted by molar-refractivity contribution is -0.137. The number of carbonyl (C=O) groups excluding carboxylic acids is 1. The van der Waals surface area contributed by atoms with Crippen molar-refractivity contribution in [3.05, 3.63) is 29.6 Å². The van der Waals surface area contributed by atoms with Crippen LogP contribution >= 0.6 is 0 Å². The Bertz CT molecular complexity index is 515. The summed E-state index contributed by atoms with van der Waals surface area (Å²) >= 11 is 0. The highest BCUT2D eigenvalue weighted by molar-refractivity contribution is 6.00. The van der Waals surface area contributed by atoms with Gasteiger partial charge in [0.05, 0.1) is 11.3 Å². The van der Waals surface area contributed by atoms with Crippen LogP contribution in [0.1, 0.15) is 29.6 Å². The van der Waals surface area contributed by atoms with Crippen LogP contribution in [0.15, 0.2) is 18.2 Å². The minimum Gasteiger partial charge on any atom is -0.481 e. The van der Waals surface area contributed by atoms with E-state index < -0.39 is 29.4 Å². The zero-order valence-corrected chi connectivity index (χ0v) is 9.85. The van der Waals surface area contributed by atoms with Crippen molar-refractivity contribution in [2.45, 2.75) is 19.3 Å². The van der Waals surface area contributed by atoms with Crippen molar-refractivity contribution < 1.29 is 29.0 Å². The number of nitrogens with one attached hydrogen (secondary N) is 1. The monoisotopic (exact) mass is 269 g/mol. The Hall–Kier alpha value is -2.44. The number of aromatic carboxylic acids is 1. The van der Waals surface area contributed by atoms with Crippen LogP contribution in [0, 0.1) is 5.82 Å². The topological polar surface area (TPSA) is 104 Å². The summed E-state index contributed by atoms with van der Waals surface area (Å²) in [6.07, 6.45) is -0.214. The van der Waals surface area contributed by atoms with E-state index in [0.717, 1.165) is 12.1 Å². The van der Waals surface area contributed by atoms with Crippen molar-refractivity contribution in [2.75, 3.05) is 5.32 Å². The maximum absolute atomic E-state index is 13.4. The smallest absolute Gasteiger partial charge is 0.337 e. The Morgan fingerprint density at radius 2 is 1.84 bits per heavy atom. The molecule has 1 aromatic rings. The number of anilines is 1. The van der Waals surface area contributed by atoms with E-state index in [1.807, 2.05) is 0 Å². The summed E-state index contributed by atoms with van der Waals surface area (Å²) in [5.41, 5.74) is -0.762. The van der Waals surface area contributed by atoms with Gasteiger partial charge in [0.15, 0.2) is 0 Å². The van der Waals surface area contributed by atoms with Gasteiger partial charge in [0.1, 0.15) is 5.82 Å². The molecule has 0 radical (unpaired) electrons. The Morgan fingerprint density at radius 1 is 1.16 bits per heavy atom. The number of hydrogen-bond donors (Lipinski definition) is 3. The number of carboxylic acids is 2. The van der Waals surface area contributed by atoms with Crippen molar-refractivity contribution in [3.8, 4) is 0 Å². The molecule has 3 N–H and O–H groups in total. The molecule has 0 aromatic heterocycles. The zero-order valence-electron chi connectivity index (χ0n) is 9.85. The van der Waals surface area contributed by atoms with E-state index >= 15 is 0 Å². The predicted molar refractivity (Wildman–Crippen MR) is 63.5 cm³/mol. The van der Waals surface area contributed by atoms with Gasteiger partial charge in [-0.25, -0.2) is 9.18 Å². The molecule has 19 heavy (non-hydrogen) atoms. The zero-order chi connectivity index (χ0) is 14.4. The molecule has 0 aliphatic rings. The van der Waals surface area contributed by atoms with E-state index in [-0.39, 0.29) is 24.8 Å². The van der Waals surface area contributed by atoms with Crippen molar-refractivity contribution in [1.82, 2.24) is 0 Å². The van der Waals surface area contributed by atoms with Gasteiger partial charge in [-0.05, 0) is 18.6 Å². The molecule has 102 valence electrons. The Morgan fingerprint density at radius 3 is 2.42 bits per heavy atom. The van der Waals surface area contributed by atoms with Gasteiger partial charge in [-0.2, -0.15) is 0 Å². The molecule has 6 nitrogen and oxygen atoms in total. The summed E-state index contributed by atoms with van der Waals surface area (Å²) < 4.78 is 13.4. The van der Waals surface area contributed by atoms with Gasteiger partial charge in [-0.3, -0.25) is 9.59 Å². The number of para-hydroxylation sites is 1. The fourth-order valence-corrected chi connectivity index (χ4v) is 1.43. The van der Waals surface area contributed by atoms with E-state index in [1.165, 1.54) is 6.07 Å². The number of amides is 1. The standard InChI is InChI=1S/C12H12FNO5/c13-8-4-1-3-7(12(18)19)11(8)14-9(15)5-2-6-10(16)17/h1,3-4H,2,5-6H2,(H,14,15)(H,16,17)(H,18,19). The SMILES string of the molecule is O=C(O)CCCC(=O)Nc1c(F)cccc1C(=O)O. The predicted octanol–water partition coefficient (Wildman–Crippen LogP) is 1.72. The first-order valence-corrected chi connectivity index (χ1v) is 5.45. The first-order valence-electron chi connectivity index (χ1n) is 5.45. The Balaban J connectivity index is 2.73. The Labute approximate surface area is 107 Å². The summed E-state index contributed by atoms with van der Waals surface area (Å²) in [6.45, 7) is 0. The summed E-state index contributed by atoms with van der Waals surface area (Å²) in [5.74, 6) is -3.88. The largest absolute Gasteiger partial charge is 0.481 e. The van der Waals surface area contributed by atoms with E-state index in [2.05, 4.69) is 5.32 Å². The lowest BCUT2D eigenvalue weighted by atomic mass is 10.1. The molecule has 0 spiro atoms. The molecule has 1 amide bonds. The molecular formula is C12H12FNO5. The van der Waals surface area contributed by atoms with Gasteiger partial charge < -0.3 is 15.5 Å². The average Bonchev–Trinajstić information content (AvgIpc) is 2.30. The lowest BCUT2D eigenvalue weighted by Gasteiger charge is -2.09. The molecular weight excluding hydrogens is 257 g/mol. The normalized spacial score (nSPS) is 9.95. The average molecular weight is 269 g/mol.